The number of aromatic nitrogens is 4. The molecule has 0 saturated heterocycles. The first kappa shape index (κ1) is 14.2. The van der Waals surface area contributed by atoms with Crippen LogP contribution < -0.4 is 5.32 Å². The number of hydrogen-bond acceptors (Lipinski definition) is 4. The number of nitrogens with one attached hydrogen (secondary N) is 1. The Bertz CT molecular complexity index is 552. The van der Waals surface area contributed by atoms with Gasteiger partial charge in [-0.2, -0.15) is 0 Å². The first-order chi connectivity index (χ1) is 9.70. The van der Waals surface area contributed by atoms with Crippen LogP contribution in [0.5, 0.6) is 0 Å². The van der Waals surface area contributed by atoms with Gasteiger partial charge in [0.15, 0.2) is 5.82 Å². The lowest BCUT2D eigenvalue weighted by molar-refractivity contribution is -0.121. The van der Waals surface area contributed by atoms with E-state index in [0.29, 0.717) is 12.8 Å². The average molecular weight is 273 g/mol. The molecule has 2 aromatic heterocycles. The molecule has 20 heavy (non-hydrogen) atoms. The van der Waals surface area contributed by atoms with E-state index in [2.05, 4.69) is 20.5 Å². The van der Waals surface area contributed by atoms with Crippen molar-refractivity contribution in [3.05, 3.63) is 42.2 Å². The van der Waals surface area contributed by atoms with Crippen LogP contribution in [0.3, 0.4) is 0 Å². The first-order valence-corrected chi connectivity index (χ1v) is 6.76. The molecule has 0 saturated carbocycles. The Labute approximate surface area is 118 Å². The number of carbonyl (C=O) groups excluding carboxylic acids is 1. The Hall–Kier alpha value is -2.24. The maximum Gasteiger partial charge on any atom is 0.220 e. The van der Waals surface area contributed by atoms with Crippen LogP contribution in [0, 0.1) is 0 Å². The summed E-state index contributed by atoms with van der Waals surface area (Å²) in [6.07, 6.45) is 6.31. The van der Waals surface area contributed by atoms with Crippen LogP contribution in [0.1, 0.15) is 37.7 Å². The molecule has 0 unspecified atom stereocenters. The van der Waals surface area contributed by atoms with E-state index in [9.17, 15) is 4.79 Å². The van der Waals surface area contributed by atoms with Gasteiger partial charge in [0.1, 0.15) is 6.33 Å². The van der Waals surface area contributed by atoms with Gasteiger partial charge < -0.3 is 9.88 Å². The summed E-state index contributed by atoms with van der Waals surface area (Å²) < 4.78 is 1.92. The lowest BCUT2D eigenvalue weighted by atomic mass is 10.1. The number of aryl methyl sites for hydroxylation is 2. The molecule has 0 aliphatic carbocycles. The van der Waals surface area contributed by atoms with E-state index in [1.165, 1.54) is 0 Å². The monoisotopic (exact) mass is 273 g/mol. The highest BCUT2D eigenvalue weighted by molar-refractivity contribution is 5.76. The van der Waals surface area contributed by atoms with Crippen molar-refractivity contribution in [1.29, 1.82) is 0 Å². The lowest BCUT2D eigenvalue weighted by Gasteiger charge is -2.14. The third kappa shape index (κ3) is 3.63. The Morgan fingerprint density at radius 2 is 2.15 bits per heavy atom. The van der Waals surface area contributed by atoms with Gasteiger partial charge in [0.2, 0.25) is 5.91 Å². The van der Waals surface area contributed by atoms with E-state index in [1.807, 2.05) is 30.5 Å². The molecule has 0 aliphatic heterocycles. The first-order valence-electron chi connectivity index (χ1n) is 6.76. The van der Waals surface area contributed by atoms with Gasteiger partial charge >= 0.3 is 0 Å². The highest BCUT2D eigenvalue weighted by atomic mass is 16.1. The summed E-state index contributed by atoms with van der Waals surface area (Å²) in [7, 11) is 0. The molecular weight excluding hydrogens is 254 g/mol. The van der Waals surface area contributed by atoms with Crippen molar-refractivity contribution in [3.8, 4) is 0 Å². The third-order valence-corrected chi connectivity index (χ3v) is 3.14. The topological polar surface area (TPSA) is 72.7 Å². The largest absolute Gasteiger partial charge is 0.346 e. The second-order valence-electron chi connectivity index (χ2n) is 4.62. The number of hydrogen-bond donors (Lipinski definition) is 1. The van der Waals surface area contributed by atoms with Gasteiger partial charge in [0.05, 0.1) is 6.04 Å². The number of nitrogens with zero attached hydrogens (tertiary/aromatic N) is 4. The summed E-state index contributed by atoms with van der Waals surface area (Å²) in [6, 6.07) is 3.71. The summed E-state index contributed by atoms with van der Waals surface area (Å²) in [5, 5.41) is 10.9. The summed E-state index contributed by atoms with van der Waals surface area (Å²) in [4.78, 5) is 15.9. The Balaban J connectivity index is 1.85. The summed E-state index contributed by atoms with van der Waals surface area (Å²) >= 11 is 0. The molecule has 1 atom stereocenters. The molecule has 0 spiro atoms. The minimum atomic E-state index is -0.137. The fourth-order valence-electron chi connectivity index (χ4n) is 2.03. The molecule has 2 rings (SSSR count). The van der Waals surface area contributed by atoms with Gasteiger partial charge in [-0.3, -0.25) is 9.78 Å². The van der Waals surface area contributed by atoms with Gasteiger partial charge in [-0.25, -0.2) is 0 Å². The molecule has 2 aromatic rings. The van der Waals surface area contributed by atoms with Gasteiger partial charge in [0.25, 0.3) is 0 Å². The minimum Gasteiger partial charge on any atom is -0.346 e. The third-order valence-electron chi connectivity index (χ3n) is 3.14. The van der Waals surface area contributed by atoms with Crippen molar-refractivity contribution in [2.24, 2.45) is 0 Å². The molecule has 0 bridgehead atoms. The quantitative estimate of drug-likeness (QED) is 0.865. The molecule has 0 fully saturated rings. The van der Waals surface area contributed by atoms with E-state index in [0.717, 1.165) is 17.9 Å². The van der Waals surface area contributed by atoms with E-state index >= 15 is 0 Å². The molecule has 106 valence electrons. The SMILES string of the molecule is CCn1cnnc1[C@H](C)NC(=O)CCc1ccncc1. The second-order valence-corrected chi connectivity index (χ2v) is 4.62. The zero-order chi connectivity index (χ0) is 14.4. The van der Waals surface area contributed by atoms with Crippen molar-refractivity contribution in [2.75, 3.05) is 0 Å². The molecule has 6 heteroatoms. The lowest BCUT2D eigenvalue weighted by Crippen LogP contribution is -2.28. The van der Waals surface area contributed by atoms with Gasteiger partial charge in [-0.15, -0.1) is 10.2 Å². The minimum absolute atomic E-state index is 0.0139. The number of carbonyl (C=O) groups is 1. The van der Waals surface area contributed by atoms with E-state index in [-0.39, 0.29) is 11.9 Å². The fourth-order valence-corrected chi connectivity index (χ4v) is 2.03. The van der Waals surface area contributed by atoms with Crippen molar-refractivity contribution in [1.82, 2.24) is 25.1 Å². The highest BCUT2D eigenvalue weighted by Crippen LogP contribution is 2.09. The normalized spacial score (nSPS) is 12.1. The van der Waals surface area contributed by atoms with Crippen LogP contribution in [0.15, 0.2) is 30.9 Å². The van der Waals surface area contributed by atoms with Gasteiger partial charge in [0, 0.05) is 25.4 Å². The maximum absolute atomic E-state index is 11.9. The van der Waals surface area contributed by atoms with Gasteiger partial charge in [-0.1, -0.05) is 0 Å². The zero-order valence-corrected chi connectivity index (χ0v) is 11.8. The molecule has 2 heterocycles. The van der Waals surface area contributed by atoms with Crippen LogP contribution in [0.25, 0.3) is 0 Å². The Kier molecular flexibility index (Phi) is 4.81. The standard InChI is InChI=1S/C14H19N5O/c1-3-19-10-16-18-14(19)11(2)17-13(20)5-4-12-6-8-15-9-7-12/h6-11H,3-5H2,1-2H3,(H,17,20)/t11-/m0/s1. The van der Waals surface area contributed by atoms with Crippen molar-refractivity contribution in [2.45, 2.75) is 39.3 Å². The van der Waals surface area contributed by atoms with Crippen LogP contribution in [-0.4, -0.2) is 25.7 Å². The molecular formula is C14H19N5O. The van der Waals surface area contributed by atoms with Crippen molar-refractivity contribution in [3.63, 3.8) is 0 Å². The van der Waals surface area contributed by atoms with Crippen molar-refractivity contribution >= 4 is 5.91 Å². The number of rotatable bonds is 6. The second kappa shape index (κ2) is 6.79. The van der Waals surface area contributed by atoms with Crippen molar-refractivity contribution < 1.29 is 4.79 Å². The smallest absolute Gasteiger partial charge is 0.220 e. The molecule has 0 aromatic carbocycles. The van der Waals surface area contributed by atoms with Crippen LogP contribution in [-0.2, 0) is 17.8 Å². The highest BCUT2D eigenvalue weighted by Gasteiger charge is 2.14. The molecule has 6 nitrogen and oxygen atoms in total. The summed E-state index contributed by atoms with van der Waals surface area (Å²) in [5.74, 6) is 0.796. The van der Waals surface area contributed by atoms with Gasteiger partial charge in [-0.05, 0) is 38.0 Å². The van der Waals surface area contributed by atoms with Crippen LogP contribution >= 0.6 is 0 Å². The zero-order valence-electron chi connectivity index (χ0n) is 11.8. The summed E-state index contributed by atoms with van der Waals surface area (Å²) in [5.41, 5.74) is 1.11. The van der Waals surface area contributed by atoms with Crippen LogP contribution in [0.2, 0.25) is 0 Å². The average Bonchev–Trinajstić information content (AvgIpc) is 2.95. The predicted molar refractivity (Wildman–Crippen MR) is 74.8 cm³/mol. The summed E-state index contributed by atoms with van der Waals surface area (Å²) in [6.45, 7) is 4.73. The number of pyridine rings is 1. The van der Waals surface area contributed by atoms with E-state index < -0.39 is 0 Å². The molecule has 1 N–H and O–H groups in total. The number of amides is 1. The van der Waals surface area contributed by atoms with E-state index in [4.69, 9.17) is 0 Å². The Morgan fingerprint density at radius 1 is 1.40 bits per heavy atom. The molecule has 0 aliphatic rings. The fraction of sp³-hybridized carbons (Fsp3) is 0.429. The molecule has 1 amide bonds. The predicted octanol–water partition coefficient (Wildman–Crippen LogP) is 1.50. The van der Waals surface area contributed by atoms with E-state index in [1.54, 1.807) is 18.7 Å². The molecule has 0 radical (unpaired) electrons. The van der Waals surface area contributed by atoms with Crippen LogP contribution in [0.4, 0.5) is 0 Å². The Morgan fingerprint density at radius 3 is 2.85 bits per heavy atom. The maximum atomic E-state index is 11.9.